The Labute approximate surface area is 110 Å². The van der Waals surface area contributed by atoms with E-state index in [0.717, 1.165) is 44.8 Å². The highest BCUT2D eigenvalue weighted by Crippen LogP contribution is 2.11. The van der Waals surface area contributed by atoms with Gasteiger partial charge in [-0.05, 0) is 45.0 Å². The molecule has 3 heteroatoms. The molecule has 0 spiro atoms. The molecule has 0 unspecified atom stereocenters. The lowest BCUT2D eigenvalue weighted by Gasteiger charge is -2.18. The highest BCUT2D eigenvalue weighted by molar-refractivity contribution is 5.26. The molecule has 1 aromatic carbocycles. The Morgan fingerprint density at radius 2 is 1.83 bits per heavy atom. The van der Waals surface area contributed by atoms with Crippen LogP contribution in [0.4, 0.5) is 0 Å². The van der Waals surface area contributed by atoms with E-state index in [1.807, 2.05) is 12.1 Å². The summed E-state index contributed by atoms with van der Waals surface area (Å²) in [6, 6.07) is 8.16. The van der Waals surface area contributed by atoms with Crippen molar-refractivity contribution in [3.05, 3.63) is 29.8 Å². The quantitative estimate of drug-likeness (QED) is 0.684. The highest BCUT2D eigenvalue weighted by atomic mass is 16.5. The predicted molar refractivity (Wildman–Crippen MR) is 75.1 cm³/mol. The van der Waals surface area contributed by atoms with E-state index in [-0.39, 0.29) is 6.61 Å². The number of nitrogens with zero attached hydrogens (tertiary/aromatic N) is 1. The molecule has 0 heterocycles. The Kier molecular flexibility index (Phi) is 7.46. The van der Waals surface area contributed by atoms with Crippen LogP contribution < -0.4 is 4.74 Å². The maximum absolute atomic E-state index is 8.88. The number of aryl methyl sites for hydroxylation is 1. The summed E-state index contributed by atoms with van der Waals surface area (Å²) in [7, 11) is 0. The number of likely N-dealkylation sites (N-methyl/N-ethyl adjacent to an activating group) is 1. The van der Waals surface area contributed by atoms with Crippen molar-refractivity contribution in [2.75, 3.05) is 32.8 Å². The van der Waals surface area contributed by atoms with Crippen LogP contribution in [0.25, 0.3) is 0 Å². The molecule has 0 amide bonds. The lowest BCUT2D eigenvalue weighted by Crippen LogP contribution is -2.27. The van der Waals surface area contributed by atoms with Gasteiger partial charge in [0.05, 0.1) is 13.2 Å². The Bertz CT molecular complexity index is 311. The van der Waals surface area contributed by atoms with E-state index >= 15 is 0 Å². The molecular weight excluding hydrogens is 226 g/mol. The van der Waals surface area contributed by atoms with Crippen molar-refractivity contribution >= 4 is 0 Å². The van der Waals surface area contributed by atoms with Gasteiger partial charge in [-0.1, -0.05) is 24.6 Å². The van der Waals surface area contributed by atoms with Crippen molar-refractivity contribution in [3.63, 3.8) is 0 Å². The van der Waals surface area contributed by atoms with Crippen molar-refractivity contribution in [2.24, 2.45) is 0 Å². The third-order valence-corrected chi connectivity index (χ3v) is 3.02. The summed E-state index contributed by atoms with van der Waals surface area (Å²) in [4.78, 5) is 2.26. The first-order valence-corrected chi connectivity index (χ1v) is 6.79. The van der Waals surface area contributed by atoms with E-state index in [1.165, 1.54) is 5.56 Å². The topological polar surface area (TPSA) is 32.7 Å². The molecule has 1 N–H and O–H groups in total. The summed E-state index contributed by atoms with van der Waals surface area (Å²) in [5.41, 5.74) is 1.25. The SMILES string of the molecule is CCN(CCO)CCCCOc1ccc(C)cc1. The molecule has 0 atom stereocenters. The zero-order valence-corrected chi connectivity index (χ0v) is 11.6. The Hall–Kier alpha value is -1.06. The molecule has 1 aromatic rings. The molecule has 0 saturated carbocycles. The van der Waals surface area contributed by atoms with Crippen molar-refractivity contribution in [1.82, 2.24) is 4.90 Å². The van der Waals surface area contributed by atoms with Crippen LogP contribution in [0.1, 0.15) is 25.3 Å². The van der Waals surface area contributed by atoms with Crippen LogP contribution in [-0.4, -0.2) is 42.9 Å². The van der Waals surface area contributed by atoms with Crippen LogP contribution in [0.15, 0.2) is 24.3 Å². The van der Waals surface area contributed by atoms with Gasteiger partial charge < -0.3 is 14.7 Å². The number of unbranched alkanes of at least 4 members (excludes halogenated alkanes) is 1. The number of rotatable bonds is 9. The van der Waals surface area contributed by atoms with Gasteiger partial charge in [0.2, 0.25) is 0 Å². The van der Waals surface area contributed by atoms with Gasteiger partial charge in [0.25, 0.3) is 0 Å². The number of aliphatic hydroxyl groups is 1. The first-order chi connectivity index (χ1) is 8.76. The van der Waals surface area contributed by atoms with Gasteiger partial charge in [0.15, 0.2) is 0 Å². The van der Waals surface area contributed by atoms with E-state index in [4.69, 9.17) is 9.84 Å². The van der Waals surface area contributed by atoms with Crippen LogP contribution in [0.2, 0.25) is 0 Å². The number of hydrogen-bond acceptors (Lipinski definition) is 3. The second-order valence-corrected chi connectivity index (χ2v) is 4.53. The van der Waals surface area contributed by atoms with Gasteiger partial charge in [-0.25, -0.2) is 0 Å². The van der Waals surface area contributed by atoms with Gasteiger partial charge >= 0.3 is 0 Å². The molecule has 0 aromatic heterocycles. The average Bonchev–Trinajstić information content (AvgIpc) is 2.39. The molecule has 0 aliphatic carbocycles. The zero-order valence-electron chi connectivity index (χ0n) is 11.6. The van der Waals surface area contributed by atoms with E-state index < -0.39 is 0 Å². The van der Waals surface area contributed by atoms with Crippen LogP contribution in [0, 0.1) is 6.92 Å². The fourth-order valence-corrected chi connectivity index (χ4v) is 1.83. The third kappa shape index (κ3) is 6.03. The summed E-state index contributed by atoms with van der Waals surface area (Å²) < 4.78 is 5.67. The van der Waals surface area contributed by atoms with Crippen molar-refractivity contribution in [1.29, 1.82) is 0 Å². The largest absolute Gasteiger partial charge is 0.494 e. The maximum Gasteiger partial charge on any atom is 0.119 e. The van der Waals surface area contributed by atoms with Gasteiger partial charge in [-0.15, -0.1) is 0 Å². The minimum Gasteiger partial charge on any atom is -0.494 e. The zero-order chi connectivity index (χ0) is 13.2. The van der Waals surface area contributed by atoms with E-state index in [1.54, 1.807) is 0 Å². The minimum absolute atomic E-state index is 0.244. The summed E-state index contributed by atoms with van der Waals surface area (Å²) in [6.07, 6.45) is 2.16. The van der Waals surface area contributed by atoms with E-state index in [0.29, 0.717) is 0 Å². The molecule has 0 radical (unpaired) electrons. The standard InChI is InChI=1S/C15H25NO2/c1-3-16(11-12-17)10-4-5-13-18-15-8-6-14(2)7-9-15/h6-9,17H,3-5,10-13H2,1-2H3. The van der Waals surface area contributed by atoms with E-state index in [9.17, 15) is 0 Å². The molecule has 18 heavy (non-hydrogen) atoms. The van der Waals surface area contributed by atoms with Gasteiger partial charge in [-0.3, -0.25) is 0 Å². The molecule has 0 saturated heterocycles. The molecule has 0 aliphatic heterocycles. The molecule has 0 fully saturated rings. The summed E-state index contributed by atoms with van der Waals surface area (Å²) in [6.45, 7) is 8.01. The fourth-order valence-electron chi connectivity index (χ4n) is 1.83. The third-order valence-electron chi connectivity index (χ3n) is 3.02. The normalized spacial score (nSPS) is 10.9. The lowest BCUT2D eigenvalue weighted by atomic mass is 10.2. The molecular formula is C15H25NO2. The van der Waals surface area contributed by atoms with Crippen LogP contribution in [0.5, 0.6) is 5.75 Å². The van der Waals surface area contributed by atoms with Gasteiger partial charge in [0.1, 0.15) is 5.75 Å². The molecule has 102 valence electrons. The highest BCUT2D eigenvalue weighted by Gasteiger charge is 2.00. The fraction of sp³-hybridized carbons (Fsp3) is 0.600. The Balaban J connectivity index is 2.09. The van der Waals surface area contributed by atoms with Crippen molar-refractivity contribution in [3.8, 4) is 5.75 Å². The Morgan fingerprint density at radius 3 is 2.44 bits per heavy atom. The summed E-state index contributed by atoms with van der Waals surface area (Å²) in [5, 5.41) is 8.88. The van der Waals surface area contributed by atoms with Crippen LogP contribution in [0.3, 0.4) is 0 Å². The van der Waals surface area contributed by atoms with Gasteiger partial charge in [-0.2, -0.15) is 0 Å². The minimum atomic E-state index is 0.244. The predicted octanol–water partition coefficient (Wildman–Crippen LogP) is 2.47. The number of benzene rings is 1. The lowest BCUT2D eigenvalue weighted by molar-refractivity contribution is 0.195. The van der Waals surface area contributed by atoms with Crippen LogP contribution >= 0.6 is 0 Å². The first-order valence-electron chi connectivity index (χ1n) is 6.79. The number of aliphatic hydroxyl groups excluding tert-OH is 1. The van der Waals surface area contributed by atoms with Gasteiger partial charge in [0, 0.05) is 6.54 Å². The molecule has 1 rings (SSSR count). The summed E-state index contributed by atoms with van der Waals surface area (Å²) >= 11 is 0. The average molecular weight is 251 g/mol. The van der Waals surface area contributed by atoms with E-state index in [2.05, 4.69) is 30.9 Å². The number of ether oxygens (including phenoxy) is 1. The monoisotopic (exact) mass is 251 g/mol. The van der Waals surface area contributed by atoms with Crippen molar-refractivity contribution < 1.29 is 9.84 Å². The molecule has 3 nitrogen and oxygen atoms in total. The second-order valence-electron chi connectivity index (χ2n) is 4.53. The molecule has 0 aliphatic rings. The van der Waals surface area contributed by atoms with Crippen LogP contribution in [-0.2, 0) is 0 Å². The van der Waals surface area contributed by atoms with Crippen molar-refractivity contribution in [2.45, 2.75) is 26.7 Å². The number of hydrogen-bond donors (Lipinski definition) is 1. The smallest absolute Gasteiger partial charge is 0.119 e. The Morgan fingerprint density at radius 1 is 1.11 bits per heavy atom. The summed E-state index contributed by atoms with van der Waals surface area (Å²) in [5.74, 6) is 0.948. The molecule has 0 bridgehead atoms. The maximum atomic E-state index is 8.88. The first kappa shape index (κ1) is 15.0. The second kappa shape index (κ2) is 8.95.